The Kier molecular flexibility index (Phi) is 3.05. The van der Waals surface area contributed by atoms with Gasteiger partial charge in [-0.3, -0.25) is 0 Å². The van der Waals surface area contributed by atoms with Crippen molar-refractivity contribution in [1.82, 2.24) is 0 Å². The summed E-state index contributed by atoms with van der Waals surface area (Å²) in [5, 5.41) is 20.7. The van der Waals surface area contributed by atoms with Crippen molar-refractivity contribution in [1.29, 1.82) is 0 Å². The predicted molar refractivity (Wildman–Crippen MR) is 65.3 cm³/mol. The predicted octanol–water partition coefficient (Wildman–Crippen LogP) is 1.18. The molecule has 0 fully saturated rings. The lowest BCUT2D eigenvalue weighted by Gasteiger charge is -2.12. The molecule has 5 heteroatoms. The van der Waals surface area contributed by atoms with Gasteiger partial charge in [-0.05, 0) is 11.5 Å². The molecule has 0 aliphatic heterocycles. The van der Waals surface area contributed by atoms with E-state index in [0.717, 1.165) is 5.39 Å². The van der Waals surface area contributed by atoms with Crippen molar-refractivity contribution in [3.63, 3.8) is 0 Å². The van der Waals surface area contributed by atoms with Gasteiger partial charge >= 0.3 is 7.12 Å². The maximum atomic E-state index is 9.36. The van der Waals surface area contributed by atoms with Gasteiger partial charge in [-0.15, -0.1) is 0 Å². The fourth-order valence-corrected chi connectivity index (χ4v) is 2.03. The quantitative estimate of drug-likeness (QED) is 0.770. The molecule has 0 amide bonds. The summed E-state index contributed by atoms with van der Waals surface area (Å²) in [7, 11) is -0.121. The summed E-state index contributed by atoms with van der Waals surface area (Å²) < 4.78 is 5.09. The van der Waals surface area contributed by atoms with Gasteiger partial charge in [0.1, 0.15) is 5.75 Å². The number of hydrogen-bond acceptors (Lipinski definition) is 3. The summed E-state index contributed by atoms with van der Waals surface area (Å²) >= 11 is 6.07. The van der Waals surface area contributed by atoms with Gasteiger partial charge in [0, 0.05) is 10.8 Å². The lowest BCUT2D eigenvalue weighted by molar-refractivity contribution is 0.404. The van der Waals surface area contributed by atoms with E-state index < -0.39 is 7.12 Å². The Balaban J connectivity index is 2.87. The van der Waals surface area contributed by atoms with Crippen LogP contribution in [0, 0.1) is 0 Å². The lowest BCUT2D eigenvalue weighted by atomic mass is 9.76. The topological polar surface area (TPSA) is 49.7 Å². The van der Waals surface area contributed by atoms with Crippen molar-refractivity contribution in [3.05, 3.63) is 35.4 Å². The lowest BCUT2D eigenvalue weighted by Crippen LogP contribution is -2.32. The molecule has 0 bridgehead atoms. The van der Waals surface area contributed by atoms with Crippen LogP contribution in [-0.4, -0.2) is 24.3 Å². The molecule has 0 spiro atoms. The molecule has 2 N–H and O–H groups in total. The highest BCUT2D eigenvalue weighted by atomic mass is 35.5. The van der Waals surface area contributed by atoms with Gasteiger partial charge < -0.3 is 14.8 Å². The average molecular weight is 236 g/mol. The first kappa shape index (κ1) is 11.3. The third-order valence-electron chi connectivity index (χ3n) is 2.48. The Bertz CT molecular complexity index is 528. The second-order valence-corrected chi connectivity index (χ2v) is 3.80. The highest BCUT2D eigenvalue weighted by Gasteiger charge is 2.21. The van der Waals surface area contributed by atoms with E-state index in [-0.39, 0.29) is 0 Å². The van der Waals surface area contributed by atoms with Crippen molar-refractivity contribution in [2.24, 2.45) is 0 Å². The molecular formula is C11H10BClO3. The van der Waals surface area contributed by atoms with Crippen LogP contribution in [0.2, 0.25) is 5.02 Å². The summed E-state index contributed by atoms with van der Waals surface area (Å²) in [6, 6.07) is 8.83. The Morgan fingerprint density at radius 1 is 1.19 bits per heavy atom. The monoisotopic (exact) mass is 236 g/mol. The van der Waals surface area contributed by atoms with Gasteiger partial charge in [-0.1, -0.05) is 35.9 Å². The number of ether oxygens (including phenoxy) is 1. The zero-order chi connectivity index (χ0) is 11.7. The zero-order valence-electron chi connectivity index (χ0n) is 8.64. The molecule has 0 saturated heterocycles. The number of halogens is 1. The summed E-state index contributed by atoms with van der Waals surface area (Å²) in [4.78, 5) is 0. The molecule has 3 nitrogen and oxygen atoms in total. The maximum Gasteiger partial charge on any atom is 0.492 e. The SMILES string of the molecule is COc1cc(Cl)c2ccccc2c1B(O)O. The molecular weight excluding hydrogens is 226 g/mol. The fourth-order valence-electron chi connectivity index (χ4n) is 1.76. The van der Waals surface area contributed by atoms with E-state index in [0.29, 0.717) is 21.6 Å². The van der Waals surface area contributed by atoms with E-state index in [1.807, 2.05) is 18.2 Å². The van der Waals surface area contributed by atoms with Crippen LogP contribution in [0.1, 0.15) is 0 Å². The normalized spacial score (nSPS) is 10.5. The van der Waals surface area contributed by atoms with Crippen LogP contribution in [-0.2, 0) is 0 Å². The van der Waals surface area contributed by atoms with Crippen LogP contribution >= 0.6 is 11.6 Å². The van der Waals surface area contributed by atoms with Gasteiger partial charge in [0.15, 0.2) is 0 Å². The molecule has 0 unspecified atom stereocenters. The Hall–Kier alpha value is -1.23. The molecule has 16 heavy (non-hydrogen) atoms. The number of hydrogen-bond donors (Lipinski definition) is 2. The summed E-state index contributed by atoms with van der Waals surface area (Å²) in [6.07, 6.45) is 0. The summed E-state index contributed by atoms with van der Waals surface area (Å²) in [5.74, 6) is 0.374. The molecule has 2 aromatic rings. The molecule has 0 aromatic heterocycles. The molecule has 0 atom stereocenters. The van der Waals surface area contributed by atoms with Crippen LogP contribution in [0.4, 0.5) is 0 Å². The Labute approximate surface area is 98.4 Å². The smallest absolute Gasteiger partial charge is 0.492 e. The molecule has 0 aliphatic rings. The zero-order valence-corrected chi connectivity index (χ0v) is 9.40. The van der Waals surface area contributed by atoms with E-state index in [9.17, 15) is 10.0 Å². The highest BCUT2D eigenvalue weighted by Crippen LogP contribution is 2.27. The number of benzene rings is 2. The second-order valence-electron chi connectivity index (χ2n) is 3.39. The Morgan fingerprint density at radius 3 is 2.38 bits per heavy atom. The summed E-state index contributed by atoms with van der Waals surface area (Å²) in [6.45, 7) is 0. The fraction of sp³-hybridized carbons (Fsp3) is 0.0909. The maximum absolute atomic E-state index is 9.36. The van der Waals surface area contributed by atoms with E-state index in [1.165, 1.54) is 7.11 Å². The first-order valence-corrected chi connectivity index (χ1v) is 5.14. The van der Waals surface area contributed by atoms with Crippen molar-refractivity contribution in [2.75, 3.05) is 7.11 Å². The van der Waals surface area contributed by atoms with Crippen LogP contribution in [0.5, 0.6) is 5.75 Å². The van der Waals surface area contributed by atoms with E-state index >= 15 is 0 Å². The van der Waals surface area contributed by atoms with Crippen LogP contribution in [0.15, 0.2) is 30.3 Å². The number of fused-ring (bicyclic) bond motifs is 1. The third kappa shape index (κ3) is 1.75. The van der Waals surface area contributed by atoms with Gasteiger partial charge in [-0.2, -0.15) is 0 Å². The van der Waals surface area contributed by atoms with Gasteiger partial charge in [0.05, 0.1) is 12.1 Å². The van der Waals surface area contributed by atoms with Crippen molar-refractivity contribution in [3.8, 4) is 5.75 Å². The van der Waals surface area contributed by atoms with Crippen LogP contribution < -0.4 is 10.2 Å². The van der Waals surface area contributed by atoms with E-state index in [1.54, 1.807) is 12.1 Å². The van der Waals surface area contributed by atoms with Crippen molar-refractivity contribution < 1.29 is 14.8 Å². The van der Waals surface area contributed by atoms with Crippen LogP contribution in [0.3, 0.4) is 0 Å². The van der Waals surface area contributed by atoms with Gasteiger partial charge in [0.25, 0.3) is 0 Å². The first-order chi connectivity index (χ1) is 7.65. The van der Waals surface area contributed by atoms with Gasteiger partial charge in [0.2, 0.25) is 0 Å². The minimum Gasteiger partial charge on any atom is -0.497 e. The van der Waals surface area contributed by atoms with Crippen molar-refractivity contribution in [2.45, 2.75) is 0 Å². The average Bonchev–Trinajstić information content (AvgIpc) is 2.28. The standard InChI is InChI=1S/C11H10BClO3/c1-16-10-6-9(13)7-4-2-3-5-8(7)11(10)12(14)15/h2-6,14-15H,1H3. The first-order valence-electron chi connectivity index (χ1n) is 4.76. The minimum atomic E-state index is -1.59. The van der Waals surface area contributed by atoms with E-state index in [4.69, 9.17) is 16.3 Å². The molecule has 0 aliphatic carbocycles. The highest BCUT2D eigenvalue weighted by molar-refractivity contribution is 6.63. The number of methoxy groups -OCH3 is 1. The summed E-state index contributed by atoms with van der Waals surface area (Å²) in [5.41, 5.74) is 0.336. The largest absolute Gasteiger partial charge is 0.497 e. The molecule has 0 radical (unpaired) electrons. The molecule has 2 aromatic carbocycles. The van der Waals surface area contributed by atoms with Crippen molar-refractivity contribution >= 4 is 35.0 Å². The molecule has 2 rings (SSSR count). The van der Waals surface area contributed by atoms with E-state index in [2.05, 4.69) is 0 Å². The molecule has 0 heterocycles. The van der Waals surface area contributed by atoms with Gasteiger partial charge in [-0.25, -0.2) is 0 Å². The minimum absolute atomic E-state index is 0.336. The molecule has 82 valence electrons. The third-order valence-corrected chi connectivity index (χ3v) is 2.79. The Morgan fingerprint density at radius 2 is 1.81 bits per heavy atom. The van der Waals surface area contributed by atoms with Crippen LogP contribution in [0.25, 0.3) is 10.8 Å². The second kappa shape index (κ2) is 4.33. The molecule has 0 saturated carbocycles. The number of rotatable bonds is 2.